The summed E-state index contributed by atoms with van der Waals surface area (Å²) >= 11 is 0. The Kier molecular flexibility index (Phi) is 7.26. The molecule has 1 N–H and O–H groups in total. The van der Waals surface area contributed by atoms with Gasteiger partial charge in [0, 0.05) is 27.1 Å². The first kappa shape index (κ1) is 25.9. The highest BCUT2D eigenvalue weighted by molar-refractivity contribution is 6.00. The second-order valence-corrected chi connectivity index (χ2v) is 10.9. The molecule has 1 saturated carbocycles. The molecule has 1 saturated heterocycles. The van der Waals surface area contributed by atoms with E-state index in [0.717, 1.165) is 30.3 Å². The molecule has 0 radical (unpaired) electrons. The van der Waals surface area contributed by atoms with Gasteiger partial charge in [-0.25, -0.2) is 9.59 Å². The van der Waals surface area contributed by atoms with Gasteiger partial charge in [0.25, 0.3) is 0 Å². The van der Waals surface area contributed by atoms with Crippen LogP contribution in [0.3, 0.4) is 0 Å². The van der Waals surface area contributed by atoms with Crippen LogP contribution in [0.1, 0.15) is 58.1 Å². The van der Waals surface area contributed by atoms with E-state index in [2.05, 4.69) is 5.32 Å². The third kappa shape index (κ3) is 5.48. The van der Waals surface area contributed by atoms with E-state index in [1.54, 1.807) is 18.7 Å². The number of carbonyl (C=O) groups is 3. The van der Waals surface area contributed by atoms with Crippen molar-refractivity contribution in [2.24, 2.45) is 13.0 Å². The van der Waals surface area contributed by atoms with E-state index >= 15 is 0 Å². The molecule has 3 amide bonds. The molecule has 0 bridgehead atoms. The summed E-state index contributed by atoms with van der Waals surface area (Å²) in [5.74, 6) is -0.302. The molecule has 2 heterocycles. The maximum Gasteiger partial charge on any atom is 0.410 e. The summed E-state index contributed by atoms with van der Waals surface area (Å²) in [5.41, 5.74) is 1.83. The predicted molar refractivity (Wildman–Crippen MR) is 134 cm³/mol. The van der Waals surface area contributed by atoms with E-state index in [9.17, 15) is 19.2 Å². The number of ether oxygens (including phenoxy) is 2. The number of nitrogens with one attached hydrogen (secondary N) is 1. The number of benzene rings is 1. The average molecular weight is 501 g/mol. The summed E-state index contributed by atoms with van der Waals surface area (Å²) in [6, 6.07) is 5.12. The van der Waals surface area contributed by atoms with Gasteiger partial charge >= 0.3 is 11.8 Å². The fourth-order valence-electron chi connectivity index (χ4n) is 4.99. The SMILES string of the molecule is CN(CCOC1CC(Cc2cccc3c2n(C)c(=O)n3C2CCC(=O)NC2=O)C1)C(=O)OC(C)(C)C. The van der Waals surface area contributed by atoms with Gasteiger partial charge in [-0.1, -0.05) is 12.1 Å². The van der Waals surface area contributed by atoms with Crippen molar-refractivity contribution in [3.8, 4) is 0 Å². The quantitative estimate of drug-likeness (QED) is 0.585. The van der Waals surface area contributed by atoms with Crippen LogP contribution in [0.25, 0.3) is 11.0 Å². The third-order valence-electron chi connectivity index (χ3n) is 6.89. The molecule has 10 heteroatoms. The molecule has 196 valence electrons. The lowest BCUT2D eigenvalue weighted by atomic mass is 9.78. The standard InChI is InChI=1S/C26H36N4O6/c1-26(2,3)36-25(34)28(4)11-12-35-18-14-16(15-18)13-17-7-6-8-19-22(17)29(5)24(33)30(19)20-9-10-21(31)27-23(20)32/h6-8,16,18,20H,9-15H2,1-5H3,(H,27,31,32). The van der Waals surface area contributed by atoms with E-state index in [1.807, 2.05) is 39.0 Å². The summed E-state index contributed by atoms with van der Waals surface area (Å²) in [7, 11) is 3.43. The summed E-state index contributed by atoms with van der Waals surface area (Å²) in [4.78, 5) is 50.7. The Balaban J connectivity index is 1.35. The highest BCUT2D eigenvalue weighted by Crippen LogP contribution is 2.35. The first-order valence-electron chi connectivity index (χ1n) is 12.5. The Morgan fingerprint density at radius 3 is 2.58 bits per heavy atom. The first-order valence-corrected chi connectivity index (χ1v) is 12.5. The number of fused-ring (bicyclic) bond motifs is 1. The molecular formula is C26H36N4O6. The molecule has 1 aromatic carbocycles. The molecule has 36 heavy (non-hydrogen) atoms. The van der Waals surface area contributed by atoms with E-state index in [0.29, 0.717) is 31.0 Å². The lowest BCUT2D eigenvalue weighted by molar-refractivity contribution is -0.135. The molecule has 1 atom stereocenters. The molecule has 0 spiro atoms. The molecule has 1 aliphatic carbocycles. The second-order valence-electron chi connectivity index (χ2n) is 10.9. The molecule has 2 aliphatic rings. The highest BCUT2D eigenvalue weighted by Gasteiger charge is 2.33. The number of para-hydroxylation sites is 1. The highest BCUT2D eigenvalue weighted by atomic mass is 16.6. The van der Waals surface area contributed by atoms with Gasteiger partial charge in [0.15, 0.2) is 0 Å². The zero-order valence-corrected chi connectivity index (χ0v) is 21.7. The Labute approximate surface area is 210 Å². The average Bonchev–Trinajstić information content (AvgIpc) is 3.01. The number of imide groups is 1. The Morgan fingerprint density at radius 2 is 1.92 bits per heavy atom. The van der Waals surface area contributed by atoms with Crippen molar-refractivity contribution >= 4 is 28.9 Å². The Bertz CT molecular complexity index is 1220. The molecule has 1 unspecified atom stereocenters. The van der Waals surface area contributed by atoms with Gasteiger partial charge < -0.3 is 14.4 Å². The molecule has 10 nitrogen and oxygen atoms in total. The fourth-order valence-corrected chi connectivity index (χ4v) is 4.99. The van der Waals surface area contributed by atoms with Gasteiger partial charge in [0.05, 0.1) is 23.7 Å². The van der Waals surface area contributed by atoms with Crippen molar-refractivity contribution in [3.63, 3.8) is 0 Å². The van der Waals surface area contributed by atoms with Gasteiger partial charge in [-0.15, -0.1) is 0 Å². The van der Waals surface area contributed by atoms with Crippen LogP contribution < -0.4 is 11.0 Å². The minimum Gasteiger partial charge on any atom is -0.444 e. The molecule has 2 fully saturated rings. The number of carbonyl (C=O) groups excluding carboxylic acids is 3. The van der Waals surface area contributed by atoms with Gasteiger partial charge in [-0.3, -0.25) is 24.0 Å². The van der Waals surface area contributed by atoms with Crippen LogP contribution in [0, 0.1) is 5.92 Å². The third-order valence-corrected chi connectivity index (χ3v) is 6.89. The number of hydrogen-bond donors (Lipinski definition) is 1. The van der Waals surface area contributed by atoms with Crippen molar-refractivity contribution in [2.75, 3.05) is 20.2 Å². The number of amides is 3. The van der Waals surface area contributed by atoms with Crippen LogP contribution in [0.15, 0.2) is 23.0 Å². The lowest BCUT2D eigenvalue weighted by Crippen LogP contribution is -2.44. The molecule has 1 aromatic heterocycles. The molecule has 2 aromatic rings. The van der Waals surface area contributed by atoms with Crippen LogP contribution in [0.2, 0.25) is 0 Å². The van der Waals surface area contributed by atoms with Crippen LogP contribution in [0.4, 0.5) is 4.79 Å². The van der Waals surface area contributed by atoms with Crippen LogP contribution >= 0.6 is 0 Å². The van der Waals surface area contributed by atoms with Crippen LogP contribution in [-0.2, 0) is 32.5 Å². The largest absolute Gasteiger partial charge is 0.444 e. The van der Waals surface area contributed by atoms with E-state index in [4.69, 9.17) is 9.47 Å². The van der Waals surface area contributed by atoms with E-state index in [1.165, 1.54) is 9.47 Å². The van der Waals surface area contributed by atoms with Crippen molar-refractivity contribution in [1.29, 1.82) is 0 Å². The van der Waals surface area contributed by atoms with Gasteiger partial charge in [0.2, 0.25) is 11.8 Å². The number of imidazole rings is 1. The van der Waals surface area contributed by atoms with Crippen LogP contribution in [0.5, 0.6) is 0 Å². The maximum absolute atomic E-state index is 13.1. The normalized spacial score (nSPS) is 22.3. The van der Waals surface area contributed by atoms with Crippen molar-refractivity contribution < 1.29 is 23.9 Å². The fraction of sp³-hybridized carbons (Fsp3) is 0.615. The minimum absolute atomic E-state index is 0.151. The van der Waals surface area contributed by atoms with Crippen LogP contribution in [-0.4, -0.2) is 63.8 Å². The molecular weight excluding hydrogens is 464 g/mol. The lowest BCUT2D eigenvalue weighted by Gasteiger charge is -2.36. The van der Waals surface area contributed by atoms with Crippen molar-refractivity contribution in [1.82, 2.24) is 19.4 Å². The zero-order valence-electron chi connectivity index (χ0n) is 21.7. The number of hydrogen-bond acceptors (Lipinski definition) is 6. The van der Waals surface area contributed by atoms with E-state index < -0.39 is 17.6 Å². The smallest absolute Gasteiger partial charge is 0.410 e. The first-order chi connectivity index (χ1) is 16.9. The summed E-state index contributed by atoms with van der Waals surface area (Å²) in [6.45, 7) is 6.43. The van der Waals surface area contributed by atoms with Gasteiger partial charge in [0.1, 0.15) is 11.6 Å². The maximum atomic E-state index is 13.1. The van der Waals surface area contributed by atoms with E-state index in [-0.39, 0.29) is 30.2 Å². The molecule has 1 aliphatic heterocycles. The Morgan fingerprint density at radius 1 is 1.19 bits per heavy atom. The van der Waals surface area contributed by atoms with Crippen molar-refractivity contribution in [2.45, 2.75) is 70.6 Å². The van der Waals surface area contributed by atoms with Gasteiger partial charge in [-0.2, -0.15) is 0 Å². The number of piperidine rings is 1. The van der Waals surface area contributed by atoms with Gasteiger partial charge in [-0.05, 0) is 64.0 Å². The van der Waals surface area contributed by atoms with Crippen molar-refractivity contribution in [3.05, 3.63) is 34.2 Å². The zero-order chi connectivity index (χ0) is 26.2. The predicted octanol–water partition coefficient (Wildman–Crippen LogP) is 2.52. The number of nitrogens with zero attached hydrogens (tertiary/aromatic N) is 3. The molecule has 4 rings (SSSR count). The number of likely N-dealkylation sites (N-methyl/N-ethyl adjacent to an activating group) is 1. The monoisotopic (exact) mass is 500 g/mol. The number of aryl methyl sites for hydroxylation is 1. The summed E-state index contributed by atoms with van der Waals surface area (Å²) < 4.78 is 14.4. The minimum atomic E-state index is -0.686. The topological polar surface area (TPSA) is 112 Å². The summed E-state index contributed by atoms with van der Waals surface area (Å²) in [6.07, 6.45) is 2.96. The number of rotatable bonds is 7. The Hall–Kier alpha value is -3.14. The summed E-state index contributed by atoms with van der Waals surface area (Å²) in [5, 5.41) is 2.35. The number of aromatic nitrogens is 2. The second kappa shape index (κ2) is 10.1.